The molecule has 0 aromatic heterocycles. The molecule has 2 aromatic carbocycles. The first-order chi connectivity index (χ1) is 9.51. The first kappa shape index (κ1) is 14.7. The van der Waals surface area contributed by atoms with Gasteiger partial charge in [-0.15, -0.1) is 0 Å². The van der Waals surface area contributed by atoms with Crippen LogP contribution in [0.5, 0.6) is 0 Å². The summed E-state index contributed by atoms with van der Waals surface area (Å²) in [6, 6.07) is 10.5. The van der Waals surface area contributed by atoms with Gasteiger partial charge in [0.25, 0.3) is 5.91 Å². The predicted octanol–water partition coefficient (Wildman–Crippen LogP) is 3.79. The highest BCUT2D eigenvalue weighted by Gasteiger charge is 2.07. The van der Waals surface area contributed by atoms with Crippen LogP contribution in [0.25, 0.3) is 0 Å². The van der Waals surface area contributed by atoms with E-state index in [-0.39, 0.29) is 5.91 Å². The summed E-state index contributed by atoms with van der Waals surface area (Å²) >= 11 is 9.31. The lowest BCUT2D eigenvalue weighted by molar-refractivity contribution is 0.0963. The second-order valence-corrected chi connectivity index (χ2v) is 5.40. The largest absolute Gasteiger partial charge is 0.397 e. The Hall–Kier alpha value is -1.72. The number of amides is 1. The van der Waals surface area contributed by atoms with E-state index in [0.29, 0.717) is 22.0 Å². The normalized spacial score (nSPS) is 10.2. The molecule has 20 heavy (non-hydrogen) atoms. The van der Waals surface area contributed by atoms with Crippen molar-refractivity contribution in [3.05, 3.63) is 51.5 Å². The zero-order valence-corrected chi connectivity index (χ0v) is 13.0. The van der Waals surface area contributed by atoms with Crippen molar-refractivity contribution in [3.63, 3.8) is 0 Å². The van der Waals surface area contributed by atoms with Gasteiger partial charge in [0.2, 0.25) is 0 Å². The molecule has 1 amide bonds. The third-order valence-electron chi connectivity index (χ3n) is 2.74. The Balaban J connectivity index is 2.32. The molecule has 0 saturated heterocycles. The van der Waals surface area contributed by atoms with Gasteiger partial charge in [-0.1, -0.05) is 11.6 Å². The molecule has 104 valence electrons. The van der Waals surface area contributed by atoms with E-state index < -0.39 is 0 Å². The van der Waals surface area contributed by atoms with Crippen LogP contribution in [0.4, 0.5) is 17.1 Å². The van der Waals surface area contributed by atoms with Gasteiger partial charge in [0.15, 0.2) is 0 Å². The Labute approximate surface area is 130 Å². The van der Waals surface area contributed by atoms with Gasteiger partial charge >= 0.3 is 0 Å². The van der Waals surface area contributed by atoms with Gasteiger partial charge in [0, 0.05) is 22.8 Å². The van der Waals surface area contributed by atoms with Crippen LogP contribution < -0.4 is 16.4 Å². The molecule has 0 aliphatic carbocycles. The molecule has 0 atom stereocenters. The van der Waals surface area contributed by atoms with Gasteiger partial charge in [0.05, 0.1) is 16.4 Å². The Morgan fingerprint density at radius 1 is 1.25 bits per heavy atom. The quantitative estimate of drug-likeness (QED) is 0.735. The molecule has 0 bridgehead atoms. The summed E-state index contributed by atoms with van der Waals surface area (Å²) in [5, 5.41) is 6.37. The summed E-state index contributed by atoms with van der Waals surface area (Å²) in [6.45, 7) is 0. The van der Waals surface area contributed by atoms with Crippen LogP contribution in [0, 0.1) is 0 Å². The summed E-state index contributed by atoms with van der Waals surface area (Å²) in [4.78, 5) is 11.6. The summed E-state index contributed by atoms with van der Waals surface area (Å²) in [5.41, 5.74) is 8.50. The van der Waals surface area contributed by atoms with Crippen LogP contribution in [0.1, 0.15) is 10.4 Å². The molecule has 0 unspecified atom stereocenters. The second kappa shape index (κ2) is 6.15. The third-order valence-corrected chi connectivity index (χ3v) is 3.96. The van der Waals surface area contributed by atoms with Gasteiger partial charge in [0.1, 0.15) is 0 Å². The van der Waals surface area contributed by atoms with E-state index in [1.807, 2.05) is 12.1 Å². The van der Waals surface area contributed by atoms with E-state index in [4.69, 9.17) is 17.3 Å². The highest BCUT2D eigenvalue weighted by molar-refractivity contribution is 9.10. The van der Waals surface area contributed by atoms with Crippen molar-refractivity contribution < 1.29 is 4.79 Å². The van der Waals surface area contributed by atoms with Gasteiger partial charge in [-0.25, -0.2) is 0 Å². The van der Waals surface area contributed by atoms with E-state index in [9.17, 15) is 4.79 Å². The number of nitrogens with two attached hydrogens (primary N) is 1. The smallest absolute Gasteiger partial charge is 0.251 e. The number of rotatable bonds is 3. The summed E-state index contributed by atoms with van der Waals surface area (Å²) in [6.07, 6.45) is 0. The van der Waals surface area contributed by atoms with Crippen LogP contribution in [0.3, 0.4) is 0 Å². The minimum absolute atomic E-state index is 0.162. The molecule has 0 spiro atoms. The van der Waals surface area contributed by atoms with Crippen LogP contribution in [-0.4, -0.2) is 13.0 Å². The van der Waals surface area contributed by atoms with Gasteiger partial charge in [-0.2, -0.15) is 0 Å². The molecule has 4 nitrogen and oxygen atoms in total. The van der Waals surface area contributed by atoms with E-state index >= 15 is 0 Å². The first-order valence-electron chi connectivity index (χ1n) is 5.85. The Morgan fingerprint density at radius 2 is 2.00 bits per heavy atom. The lowest BCUT2D eigenvalue weighted by atomic mass is 10.1. The van der Waals surface area contributed by atoms with Crippen molar-refractivity contribution >= 4 is 50.5 Å². The molecule has 0 aliphatic rings. The van der Waals surface area contributed by atoms with Crippen LogP contribution in [0.2, 0.25) is 5.02 Å². The average molecular weight is 355 g/mol. The van der Waals surface area contributed by atoms with E-state index in [0.717, 1.165) is 10.2 Å². The van der Waals surface area contributed by atoms with Crippen molar-refractivity contribution in [2.75, 3.05) is 18.1 Å². The number of carbonyl (C=O) groups excluding carboxylic acids is 1. The molecule has 0 aliphatic heterocycles. The number of hydrogen-bond acceptors (Lipinski definition) is 3. The van der Waals surface area contributed by atoms with Crippen molar-refractivity contribution in [3.8, 4) is 0 Å². The zero-order valence-electron chi connectivity index (χ0n) is 10.7. The van der Waals surface area contributed by atoms with Crippen LogP contribution in [0.15, 0.2) is 40.9 Å². The number of nitrogens with one attached hydrogen (secondary N) is 2. The van der Waals surface area contributed by atoms with E-state index in [1.54, 1.807) is 31.3 Å². The topological polar surface area (TPSA) is 67.2 Å². The van der Waals surface area contributed by atoms with Crippen LogP contribution in [-0.2, 0) is 0 Å². The highest BCUT2D eigenvalue weighted by Crippen LogP contribution is 2.29. The SMILES string of the molecule is CNC(=O)c1ccc(N)c(Nc2ccc(Cl)c(Br)c2)c1. The minimum Gasteiger partial charge on any atom is -0.397 e. The molecular formula is C14H13BrClN3O. The molecule has 2 rings (SSSR count). The zero-order chi connectivity index (χ0) is 14.7. The number of anilines is 3. The fourth-order valence-corrected chi connectivity index (χ4v) is 2.18. The van der Waals surface area contributed by atoms with E-state index in [2.05, 4.69) is 26.6 Å². The summed E-state index contributed by atoms with van der Waals surface area (Å²) in [7, 11) is 1.59. The lowest BCUT2D eigenvalue weighted by Gasteiger charge is -2.11. The molecule has 0 fully saturated rings. The summed E-state index contributed by atoms with van der Waals surface area (Å²) in [5.74, 6) is -0.162. The fourth-order valence-electron chi connectivity index (χ4n) is 1.68. The average Bonchev–Trinajstić information content (AvgIpc) is 2.44. The third kappa shape index (κ3) is 3.23. The lowest BCUT2D eigenvalue weighted by Crippen LogP contribution is -2.17. The summed E-state index contributed by atoms with van der Waals surface area (Å²) < 4.78 is 0.783. The van der Waals surface area contributed by atoms with Crippen molar-refractivity contribution in [2.45, 2.75) is 0 Å². The number of benzene rings is 2. The Kier molecular flexibility index (Phi) is 4.52. The maximum absolute atomic E-state index is 11.6. The number of nitrogen functional groups attached to an aromatic ring is 1. The molecule has 2 aromatic rings. The molecular weight excluding hydrogens is 342 g/mol. The van der Waals surface area contributed by atoms with Gasteiger partial charge in [-0.3, -0.25) is 4.79 Å². The number of halogens is 2. The van der Waals surface area contributed by atoms with Gasteiger partial charge < -0.3 is 16.4 Å². The van der Waals surface area contributed by atoms with Crippen molar-refractivity contribution in [1.82, 2.24) is 5.32 Å². The second-order valence-electron chi connectivity index (χ2n) is 4.14. The molecule has 4 N–H and O–H groups in total. The fraction of sp³-hybridized carbons (Fsp3) is 0.0714. The van der Waals surface area contributed by atoms with Crippen molar-refractivity contribution in [1.29, 1.82) is 0 Å². The Morgan fingerprint density at radius 3 is 2.65 bits per heavy atom. The highest BCUT2D eigenvalue weighted by atomic mass is 79.9. The van der Waals surface area contributed by atoms with Crippen molar-refractivity contribution in [2.24, 2.45) is 0 Å². The number of hydrogen-bond donors (Lipinski definition) is 3. The van der Waals surface area contributed by atoms with Gasteiger partial charge in [-0.05, 0) is 52.3 Å². The predicted molar refractivity (Wildman–Crippen MR) is 86.7 cm³/mol. The first-order valence-corrected chi connectivity index (χ1v) is 7.02. The molecule has 0 heterocycles. The Bertz CT molecular complexity index is 661. The minimum atomic E-state index is -0.162. The monoisotopic (exact) mass is 353 g/mol. The standard InChI is InChI=1S/C14H13BrClN3O/c1-18-14(20)8-2-5-12(17)13(6-8)19-9-3-4-11(16)10(15)7-9/h2-7,19H,17H2,1H3,(H,18,20). The maximum atomic E-state index is 11.6. The molecule has 0 radical (unpaired) electrons. The van der Waals surface area contributed by atoms with Crippen LogP contribution >= 0.6 is 27.5 Å². The molecule has 0 saturated carbocycles. The maximum Gasteiger partial charge on any atom is 0.251 e. The molecule has 6 heteroatoms. The number of carbonyl (C=O) groups is 1. The van der Waals surface area contributed by atoms with E-state index in [1.165, 1.54) is 0 Å².